The van der Waals surface area contributed by atoms with Gasteiger partial charge in [0.2, 0.25) is 0 Å². The van der Waals surface area contributed by atoms with Crippen LogP contribution < -0.4 is 0 Å². The van der Waals surface area contributed by atoms with Crippen LogP contribution in [0.1, 0.15) is 33.6 Å². The third kappa shape index (κ3) is 14.3. The highest BCUT2D eigenvalue weighted by molar-refractivity contribution is 5.86. The average Bonchev–Trinajstić information content (AvgIpc) is 2.69. The van der Waals surface area contributed by atoms with Gasteiger partial charge in [0.1, 0.15) is 38.6 Å². The molecule has 0 aromatic carbocycles. The number of rotatable bonds is 14. The Hall–Kier alpha value is -2.72. The van der Waals surface area contributed by atoms with Crippen LogP contribution in [0.3, 0.4) is 0 Å². The van der Waals surface area contributed by atoms with E-state index in [0.717, 1.165) is 0 Å². The van der Waals surface area contributed by atoms with Crippen molar-refractivity contribution in [3.63, 3.8) is 0 Å². The van der Waals surface area contributed by atoms with Gasteiger partial charge in [0.05, 0.1) is 18.8 Å². The zero-order chi connectivity index (χ0) is 23.1. The second-order valence-corrected chi connectivity index (χ2v) is 6.72. The summed E-state index contributed by atoms with van der Waals surface area (Å²) in [7, 11) is 0. The van der Waals surface area contributed by atoms with Gasteiger partial charge in [-0.1, -0.05) is 32.6 Å². The molecule has 0 aromatic rings. The van der Waals surface area contributed by atoms with Crippen molar-refractivity contribution in [2.24, 2.45) is 5.92 Å². The monoisotopic (exact) mass is 430 g/mol. The van der Waals surface area contributed by atoms with E-state index in [1.165, 1.54) is 19.1 Å². The van der Waals surface area contributed by atoms with Crippen molar-refractivity contribution in [3.05, 3.63) is 24.3 Å². The van der Waals surface area contributed by atoms with Gasteiger partial charge in [-0.05, 0) is 6.92 Å². The summed E-state index contributed by atoms with van der Waals surface area (Å²) >= 11 is 0. The Balaban J connectivity index is 3.90. The third-order valence-electron chi connectivity index (χ3n) is 3.25. The van der Waals surface area contributed by atoms with Crippen molar-refractivity contribution in [3.8, 4) is 0 Å². The maximum absolute atomic E-state index is 11.5. The zero-order valence-electron chi connectivity index (χ0n) is 17.5. The van der Waals surface area contributed by atoms with Gasteiger partial charge in [0.15, 0.2) is 0 Å². The minimum atomic E-state index is -1.16. The minimum absolute atomic E-state index is 0.134. The smallest absolute Gasteiger partial charge is 0.333 e. The molecule has 2 N–H and O–H groups in total. The molecule has 2 unspecified atom stereocenters. The quantitative estimate of drug-likeness (QED) is 0.172. The Morgan fingerprint density at radius 2 is 1.20 bits per heavy atom. The van der Waals surface area contributed by atoms with Gasteiger partial charge in [-0.15, -0.1) is 0 Å². The molecular formula is C20H30O10. The van der Waals surface area contributed by atoms with Crippen LogP contribution in [0.15, 0.2) is 24.3 Å². The van der Waals surface area contributed by atoms with E-state index in [-0.39, 0.29) is 50.8 Å². The zero-order valence-corrected chi connectivity index (χ0v) is 17.5. The van der Waals surface area contributed by atoms with E-state index in [0.29, 0.717) is 0 Å². The Morgan fingerprint density at radius 3 is 1.60 bits per heavy atom. The summed E-state index contributed by atoms with van der Waals surface area (Å²) in [5.41, 5.74) is 0.187. The van der Waals surface area contributed by atoms with Gasteiger partial charge < -0.3 is 29.2 Å². The van der Waals surface area contributed by atoms with E-state index in [9.17, 15) is 29.4 Å². The first kappa shape index (κ1) is 27.3. The van der Waals surface area contributed by atoms with Crippen LogP contribution >= 0.6 is 0 Å². The number of aliphatic hydroxyl groups is 2. The van der Waals surface area contributed by atoms with E-state index in [1.54, 1.807) is 13.8 Å². The number of carbonyl (C=O) groups is 4. The fourth-order valence-corrected chi connectivity index (χ4v) is 1.59. The lowest BCUT2D eigenvalue weighted by molar-refractivity contribution is -0.154. The highest BCUT2D eigenvalue weighted by Crippen LogP contribution is 2.00. The Labute approximate surface area is 175 Å². The summed E-state index contributed by atoms with van der Waals surface area (Å²) in [6, 6.07) is 0. The minimum Gasteiger partial charge on any atom is -0.463 e. The second-order valence-electron chi connectivity index (χ2n) is 6.72. The summed E-state index contributed by atoms with van der Waals surface area (Å²) in [5, 5.41) is 19.1. The molecule has 0 aliphatic heterocycles. The molecule has 0 bridgehead atoms. The number of esters is 4. The van der Waals surface area contributed by atoms with Crippen LogP contribution in [0.4, 0.5) is 0 Å². The van der Waals surface area contributed by atoms with Gasteiger partial charge in [-0.2, -0.15) is 0 Å². The van der Waals surface area contributed by atoms with Crippen LogP contribution in [-0.4, -0.2) is 72.7 Å². The van der Waals surface area contributed by atoms with Crippen LogP contribution in [0.2, 0.25) is 0 Å². The Bertz CT molecular complexity index is 623. The molecular weight excluding hydrogens is 400 g/mol. The van der Waals surface area contributed by atoms with E-state index >= 15 is 0 Å². The number of hydrogen-bond acceptors (Lipinski definition) is 10. The predicted molar refractivity (Wildman–Crippen MR) is 104 cm³/mol. The largest absolute Gasteiger partial charge is 0.463 e. The van der Waals surface area contributed by atoms with E-state index in [1.807, 2.05) is 0 Å². The molecule has 10 nitrogen and oxygen atoms in total. The van der Waals surface area contributed by atoms with Crippen molar-refractivity contribution >= 4 is 23.9 Å². The summed E-state index contributed by atoms with van der Waals surface area (Å²) in [6.07, 6.45) is 0.210. The summed E-state index contributed by atoms with van der Waals surface area (Å²) < 4.78 is 19.1. The van der Waals surface area contributed by atoms with Crippen LogP contribution in [0, 0.1) is 5.92 Å². The van der Waals surface area contributed by atoms with E-state index < -0.39 is 36.1 Å². The lowest BCUT2D eigenvalue weighted by Gasteiger charge is -2.12. The fraction of sp³-hybridized carbons (Fsp3) is 0.600. The van der Waals surface area contributed by atoms with Crippen molar-refractivity contribution in [1.82, 2.24) is 0 Å². The average molecular weight is 430 g/mol. The number of aliphatic hydroxyl groups excluding tert-OH is 2. The molecule has 10 heteroatoms. The van der Waals surface area contributed by atoms with Crippen molar-refractivity contribution in [2.45, 2.75) is 45.8 Å². The Morgan fingerprint density at radius 1 is 0.800 bits per heavy atom. The lowest BCUT2D eigenvalue weighted by Crippen LogP contribution is -2.26. The van der Waals surface area contributed by atoms with Crippen molar-refractivity contribution < 1.29 is 48.3 Å². The van der Waals surface area contributed by atoms with Crippen molar-refractivity contribution in [1.29, 1.82) is 0 Å². The fourth-order valence-electron chi connectivity index (χ4n) is 1.59. The molecule has 0 radical (unpaired) electrons. The van der Waals surface area contributed by atoms with Crippen LogP contribution in [0.5, 0.6) is 0 Å². The normalized spacial score (nSPS) is 12.9. The molecule has 2 atom stereocenters. The SMILES string of the molecule is C=C(C)C(=O)OCC(O)COC(=O)C/C=C/CC(=O)OCC(O)COC(=O)C(C)C. The first-order chi connectivity index (χ1) is 14.0. The number of hydrogen-bond donors (Lipinski definition) is 2. The van der Waals surface area contributed by atoms with E-state index in [4.69, 9.17) is 18.9 Å². The standard InChI is InChI=1S/C20H30O10/c1-13(2)19(25)29-11-15(21)9-27-17(23)7-5-6-8-18(24)28-10-16(22)12-30-20(26)14(3)4/h5-6,14-16,21-22H,1,7-12H2,2-4H3/b6-5+. The van der Waals surface area contributed by atoms with Crippen molar-refractivity contribution in [2.75, 3.05) is 26.4 Å². The summed E-state index contributed by atoms with van der Waals surface area (Å²) in [5.74, 6) is -2.72. The maximum Gasteiger partial charge on any atom is 0.333 e. The van der Waals surface area contributed by atoms with E-state index in [2.05, 4.69) is 6.58 Å². The van der Waals surface area contributed by atoms with Gasteiger partial charge in [0.25, 0.3) is 0 Å². The molecule has 0 fully saturated rings. The van der Waals surface area contributed by atoms with Crippen LogP contribution in [0.25, 0.3) is 0 Å². The predicted octanol–water partition coefficient (Wildman–Crippen LogP) is 0.449. The molecule has 170 valence electrons. The van der Waals surface area contributed by atoms with Gasteiger partial charge in [-0.25, -0.2) is 4.79 Å². The summed E-state index contributed by atoms with van der Waals surface area (Å²) in [6.45, 7) is 6.88. The molecule has 0 saturated heterocycles. The number of carbonyl (C=O) groups excluding carboxylic acids is 4. The van der Waals surface area contributed by atoms with Gasteiger partial charge >= 0.3 is 23.9 Å². The third-order valence-corrected chi connectivity index (χ3v) is 3.25. The van der Waals surface area contributed by atoms with Gasteiger partial charge in [-0.3, -0.25) is 14.4 Å². The first-order valence-corrected chi connectivity index (χ1v) is 9.34. The first-order valence-electron chi connectivity index (χ1n) is 9.34. The molecule has 30 heavy (non-hydrogen) atoms. The topological polar surface area (TPSA) is 146 Å². The molecule has 0 spiro atoms. The molecule has 0 aliphatic rings. The molecule has 0 aromatic heterocycles. The second kappa shape index (κ2) is 15.2. The maximum atomic E-state index is 11.5. The molecule has 0 rings (SSSR count). The molecule has 0 aliphatic carbocycles. The molecule has 0 amide bonds. The Kier molecular flexibility index (Phi) is 13.8. The van der Waals surface area contributed by atoms with Crippen LogP contribution in [-0.2, 0) is 38.1 Å². The highest BCUT2D eigenvalue weighted by Gasteiger charge is 2.14. The summed E-state index contributed by atoms with van der Waals surface area (Å²) in [4.78, 5) is 45.5. The lowest BCUT2D eigenvalue weighted by atomic mass is 10.2. The van der Waals surface area contributed by atoms with Gasteiger partial charge in [0, 0.05) is 5.57 Å². The highest BCUT2D eigenvalue weighted by atomic mass is 16.6. The molecule has 0 heterocycles. The number of ether oxygens (including phenoxy) is 4. The molecule has 0 saturated carbocycles.